The third-order valence-corrected chi connectivity index (χ3v) is 1.11. The van der Waals surface area contributed by atoms with Crippen LogP contribution in [0.25, 0.3) is 0 Å². The number of benzene rings is 1. The molecule has 2 nitrogen and oxygen atoms in total. The molecule has 0 saturated heterocycles. The summed E-state index contributed by atoms with van der Waals surface area (Å²) in [7, 11) is 0. The van der Waals surface area contributed by atoms with E-state index in [-0.39, 0.29) is 0 Å². The van der Waals surface area contributed by atoms with E-state index >= 15 is 0 Å². The molecule has 4 heteroatoms. The first-order valence-electron chi connectivity index (χ1n) is 2.55. The Kier molecular flexibility index (Phi) is 1.45. The van der Waals surface area contributed by atoms with Crippen molar-refractivity contribution < 1.29 is 13.9 Å². The number of anilines is 1. The van der Waals surface area contributed by atoms with Crippen LogP contribution in [0.15, 0.2) is 12.1 Å². The second-order valence-electron chi connectivity index (χ2n) is 1.79. The van der Waals surface area contributed by atoms with E-state index in [4.69, 9.17) is 10.8 Å². The van der Waals surface area contributed by atoms with E-state index in [0.29, 0.717) is 0 Å². The van der Waals surface area contributed by atoms with Crippen molar-refractivity contribution in [2.45, 2.75) is 0 Å². The van der Waals surface area contributed by atoms with Crippen LogP contribution in [0.5, 0.6) is 5.75 Å². The molecule has 0 spiro atoms. The summed E-state index contributed by atoms with van der Waals surface area (Å²) in [4.78, 5) is 0. The lowest BCUT2D eigenvalue weighted by Gasteiger charge is -1.99. The van der Waals surface area contributed by atoms with Gasteiger partial charge in [-0.2, -0.15) is 0 Å². The summed E-state index contributed by atoms with van der Waals surface area (Å²) in [6, 6.07) is 1.66. The number of nitrogen functional groups attached to an aromatic ring is 1. The molecule has 0 atom stereocenters. The lowest BCUT2D eigenvalue weighted by Crippen LogP contribution is -1.92. The van der Waals surface area contributed by atoms with Crippen LogP contribution >= 0.6 is 0 Å². The molecule has 1 rings (SSSR count). The van der Waals surface area contributed by atoms with E-state index < -0.39 is 23.1 Å². The van der Waals surface area contributed by atoms with Crippen LogP contribution in [0, 0.1) is 11.6 Å². The molecule has 0 bridgehead atoms. The van der Waals surface area contributed by atoms with Crippen LogP contribution in [0.1, 0.15) is 0 Å². The zero-order valence-electron chi connectivity index (χ0n) is 4.94. The van der Waals surface area contributed by atoms with Crippen molar-refractivity contribution in [2.24, 2.45) is 0 Å². The molecule has 0 aliphatic heterocycles. The van der Waals surface area contributed by atoms with E-state index in [0.717, 1.165) is 12.1 Å². The van der Waals surface area contributed by atoms with Gasteiger partial charge in [0, 0.05) is 0 Å². The van der Waals surface area contributed by atoms with Gasteiger partial charge in [-0.05, 0) is 12.1 Å². The SMILES string of the molecule is Nc1c(F)ccc(F)c1O. The predicted octanol–water partition coefficient (Wildman–Crippen LogP) is 1.25. The first kappa shape index (κ1) is 6.80. The molecule has 3 N–H and O–H groups in total. The minimum atomic E-state index is -0.918. The van der Waals surface area contributed by atoms with Crippen molar-refractivity contribution in [3.8, 4) is 5.75 Å². The molecule has 54 valence electrons. The number of hydrogen-bond acceptors (Lipinski definition) is 2. The largest absolute Gasteiger partial charge is 0.503 e. The third-order valence-electron chi connectivity index (χ3n) is 1.11. The number of halogens is 2. The molecule has 10 heavy (non-hydrogen) atoms. The average molecular weight is 145 g/mol. The summed E-state index contributed by atoms with van der Waals surface area (Å²) < 4.78 is 24.6. The first-order valence-corrected chi connectivity index (χ1v) is 2.55. The van der Waals surface area contributed by atoms with Crippen LogP contribution in [-0.2, 0) is 0 Å². The normalized spacial score (nSPS) is 9.80. The molecular weight excluding hydrogens is 140 g/mol. The molecule has 0 radical (unpaired) electrons. The Labute approximate surface area is 55.9 Å². The first-order chi connectivity index (χ1) is 4.63. The van der Waals surface area contributed by atoms with Gasteiger partial charge in [0.05, 0.1) is 0 Å². The molecule has 1 aromatic carbocycles. The van der Waals surface area contributed by atoms with E-state index in [1.807, 2.05) is 0 Å². The van der Waals surface area contributed by atoms with E-state index in [1.165, 1.54) is 0 Å². The highest BCUT2D eigenvalue weighted by Gasteiger charge is 2.07. The monoisotopic (exact) mass is 145 g/mol. The predicted molar refractivity (Wildman–Crippen MR) is 32.4 cm³/mol. The third kappa shape index (κ3) is 0.877. The van der Waals surface area contributed by atoms with Gasteiger partial charge in [-0.1, -0.05) is 0 Å². The van der Waals surface area contributed by atoms with Crippen molar-refractivity contribution in [3.63, 3.8) is 0 Å². The number of phenols is 1. The number of nitrogens with two attached hydrogens (primary N) is 1. The van der Waals surface area contributed by atoms with Gasteiger partial charge in [-0.15, -0.1) is 0 Å². The quantitative estimate of drug-likeness (QED) is 0.426. The van der Waals surface area contributed by atoms with Crippen LogP contribution in [0.2, 0.25) is 0 Å². The maximum Gasteiger partial charge on any atom is 0.177 e. The zero-order valence-corrected chi connectivity index (χ0v) is 4.94. The fourth-order valence-corrected chi connectivity index (χ4v) is 0.557. The fraction of sp³-hybridized carbons (Fsp3) is 0. The van der Waals surface area contributed by atoms with Gasteiger partial charge >= 0.3 is 0 Å². The van der Waals surface area contributed by atoms with Crippen molar-refractivity contribution in [1.82, 2.24) is 0 Å². The van der Waals surface area contributed by atoms with Crippen molar-refractivity contribution in [3.05, 3.63) is 23.8 Å². The van der Waals surface area contributed by atoms with Crippen molar-refractivity contribution in [1.29, 1.82) is 0 Å². The summed E-state index contributed by atoms with van der Waals surface area (Å²) in [5.74, 6) is -2.57. The lowest BCUT2D eigenvalue weighted by atomic mass is 10.3. The Morgan fingerprint density at radius 2 is 1.70 bits per heavy atom. The molecule has 0 amide bonds. The number of rotatable bonds is 0. The lowest BCUT2D eigenvalue weighted by molar-refractivity contribution is 0.430. The van der Waals surface area contributed by atoms with Gasteiger partial charge < -0.3 is 10.8 Å². The molecule has 0 unspecified atom stereocenters. The Morgan fingerprint density at radius 1 is 1.20 bits per heavy atom. The van der Waals surface area contributed by atoms with Gasteiger partial charge in [0.2, 0.25) is 0 Å². The molecule has 0 aliphatic carbocycles. The topological polar surface area (TPSA) is 46.2 Å². The highest BCUT2D eigenvalue weighted by atomic mass is 19.1. The zero-order chi connectivity index (χ0) is 7.72. The highest BCUT2D eigenvalue weighted by molar-refractivity contribution is 5.52. The summed E-state index contributed by atoms with van der Waals surface area (Å²) >= 11 is 0. The number of aromatic hydroxyl groups is 1. The molecule has 0 aromatic heterocycles. The molecule has 0 saturated carbocycles. The second-order valence-corrected chi connectivity index (χ2v) is 1.79. The molecule has 0 fully saturated rings. The highest BCUT2D eigenvalue weighted by Crippen LogP contribution is 2.25. The summed E-state index contributed by atoms with van der Waals surface area (Å²) in [5, 5.41) is 8.65. The van der Waals surface area contributed by atoms with E-state index in [2.05, 4.69) is 0 Å². The Hall–Kier alpha value is -1.32. The minimum absolute atomic E-state index is 0.556. The Morgan fingerprint density at radius 3 is 2.20 bits per heavy atom. The van der Waals surface area contributed by atoms with Crippen LogP contribution in [0.4, 0.5) is 14.5 Å². The van der Waals surface area contributed by atoms with Gasteiger partial charge in [0.25, 0.3) is 0 Å². The Bertz CT molecular complexity index is 235. The molecule has 1 aromatic rings. The van der Waals surface area contributed by atoms with Crippen LogP contribution in [-0.4, -0.2) is 5.11 Å². The number of phenolic OH excluding ortho intramolecular Hbond substituents is 1. The summed E-state index contributed by atoms with van der Waals surface area (Å²) in [5.41, 5.74) is 4.36. The average Bonchev–Trinajstić information content (AvgIpc) is 1.93. The molecule has 0 aliphatic rings. The van der Waals surface area contributed by atoms with Crippen molar-refractivity contribution in [2.75, 3.05) is 5.73 Å². The Balaban J connectivity index is 3.34. The van der Waals surface area contributed by atoms with Crippen molar-refractivity contribution >= 4 is 5.69 Å². The van der Waals surface area contributed by atoms with E-state index in [9.17, 15) is 8.78 Å². The second kappa shape index (κ2) is 2.13. The summed E-state index contributed by atoms with van der Waals surface area (Å²) in [6.45, 7) is 0. The fourth-order valence-electron chi connectivity index (χ4n) is 0.557. The van der Waals surface area contributed by atoms with Crippen LogP contribution < -0.4 is 5.73 Å². The minimum Gasteiger partial charge on any atom is -0.503 e. The standard InChI is InChI=1S/C6H5F2NO/c7-3-1-2-4(8)6(10)5(3)9/h1-2,10H,9H2. The van der Waals surface area contributed by atoms with Gasteiger partial charge in [0.15, 0.2) is 11.6 Å². The van der Waals surface area contributed by atoms with E-state index in [1.54, 1.807) is 0 Å². The maximum atomic E-state index is 12.3. The number of hydrogen-bond donors (Lipinski definition) is 2. The maximum absolute atomic E-state index is 12.3. The molecule has 0 heterocycles. The van der Waals surface area contributed by atoms with Gasteiger partial charge in [0.1, 0.15) is 11.5 Å². The van der Waals surface area contributed by atoms with Gasteiger partial charge in [-0.3, -0.25) is 0 Å². The van der Waals surface area contributed by atoms with Crippen LogP contribution in [0.3, 0.4) is 0 Å². The van der Waals surface area contributed by atoms with Gasteiger partial charge in [-0.25, -0.2) is 8.78 Å². The summed E-state index contributed by atoms with van der Waals surface area (Å²) in [6.07, 6.45) is 0. The smallest absolute Gasteiger partial charge is 0.177 e. The molecular formula is C6H5F2NO.